The highest BCUT2D eigenvalue weighted by Gasteiger charge is 2.25. The fourth-order valence-corrected chi connectivity index (χ4v) is 3.35. The molecule has 0 aliphatic carbocycles. The van der Waals surface area contributed by atoms with Gasteiger partial charge in [-0.1, -0.05) is 27.7 Å². The number of aryl methyl sites for hydroxylation is 1. The number of nitrogens with zero attached hydrogens (tertiary/aromatic N) is 6. The molecule has 0 spiro atoms. The summed E-state index contributed by atoms with van der Waals surface area (Å²) in [4.78, 5) is 15.9. The van der Waals surface area contributed by atoms with E-state index in [1.807, 2.05) is 30.7 Å². The number of anilines is 1. The number of imidazole rings is 1. The summed E-state index contributed by atoms with van der Waals surface area (Å²) < 4.78 is 7.79. The van der Waals surface area contributed by atoms with Crippen LogP contribution in [0, 0.1) is 5.92 Å². The zero-order valence-electron chi connectivity index (χ0n) is 17.1. The van der Waals surface area contributed by atoms with Gasteiger partial charge in [0.1, 0.15) is 0 Å². The molecule has 7 nitrogen and oxygen atoms in total. The van der Waals surface area contributed by atoms with E-state index in [1.54, 1.807) is 4.52 Å². The summed E-state index contributed by atoms with van der Waals surface area (Å²) in [6, 6.07) is 3.86. The number of fused-ring (bicyclic) bond motifs is 1. The van der Waals surface area contributed by atoms with E-state index < -0.39 is 0 Å². The molecule has 0 bridgehead atoms. The number of hydrogen-bond donors (Lipinski definition) is 0. The van der Waals surface area contributed by atoms with Gasteiger partial charge in [0.15, 0.2) is 5.65 Å². The van der Waals surface area contributed by atoms with Crippen LogP contribution in [0.3, 0.4) is 0 Å². The van der Waals surface area contributed by atoms with Crippen molar-refractivity contribution in [3.63, 3.8) is 0 Å². The predicted octanol–water partition coefficient (Wildman–Crippen LogP) is 3.28. The monoisotopic (exact) mass is 380 g/mol. The number of ether oxygens (including phenoxy) is 1. The number of rotatable bonds is 5. The largest absolute Gasteiger partial charge is 0.476 e. The molecule has 28 heavy (non-hydrogen) atoms. The van der Waals surface area contributed by atoms with Crippen molar-refractivity contribution in [2.75, 3.05) is 24.6 Å². The molecule has 0 radical (unpaired) electrons. The Morgan fingerprint density at radius 3 is 2.68 bits per heavy atom. The summed E-state index contributed by atoms with van der Waals surface area (Å²) in [5.74, 6) is 1.89. The van der Waals surface area contributed by atoms with E-state index in [1.165, 1.54) is 5.56 Å². The Morgan fingerprint density at radius 2 is 1.96 bits per heavy atom. The summed E-state index contributed by atoms with van der Waals surface area (Å²) in [7, 11) is 0. The van der Waals surface area contributed by atoms with E-state index in [4.69, 9.17) is 4.74 Å². The average molecular weight is 380 g/mol. The maximum atomic E-state index is 5.99. The van der Waals surface area contributed by atoms with Crippen molar-refractivity contribution in [3.05, 3.63) is 42.0 Å². The third kappa shape index (κ3) is 3.93. The molecule has 0 aromatic carbocycles. The van der Waals surface area contributed by atoms with Crippen molar-refractivity contribution >= 4 is 11.6 Å². The highest BCUT2D eigenvalue weighted by molar-refractivity contribution is 5.41. The molecule has 1 aliphatic rings. The molecule has 7 heteroatoms. The van der Waals surface area contributed by atoms with Crippen LogP contribution >= 0.6 is 0 Å². The van der Waals surface area contributed by atoms with Crippen molar-refractivity contribution < 1.29 is 4.74 Å². The molecule has 1 aliphatic heterocycles. The lowest BCUT2D eigenvalue weighted by Gasteiger charge is -2.16. The van der Waals surface area contributed by atoms with Gasteiger partial charge in [-0.3, -0.25) is 0 Å². The first-order valence-corrected chi connectivity index (χ1v) is 9.98. The molecule has 148 valence electrons. The normalized spacial score (nSPS) is 17.4. The van der Waals surface area contributed by atoms with Gasteiger partial charge in [0.05, 0.1) is 18.5 Å². The Hall–Kier alpha value is -2.70. The van der Waals surface area contributed by atoms with E-state index in [0.29, 0.717) is 18.4 Å². The van der Waals surface area contributed by atoms with Crippen LogP contribution in [-0.2, 0) is 11.8 Å². The molecule has 3 aromatic rings. The van der Waals surface area contributed by atoms with Gasteiger partial charge < -0.3 is 9.64 Å². The molecule has 4 rings (SSSR count). The van der Waals surface area contributed by atoms with Crippen LogP contribution in [0.15, 0.2) is 30.7 Å². The number of hydrogen-bond acceptors (Lipinski definition) is 6. The van der Waals surface area contributed by atoms with Crippen molar-refractivity contribution in [3.8, 4) is 5.88 Å². The molecular formula is C21H28N6O. The Bertz CT molecular complexity index is 944. The quantitative estimate of drug-likeness (QED) is 0.677. The lowest BCUT2D eigenvalue weighted by Crippen LogP contribution is -2.23. The molecule has 0 saturated carbocycles. The summed E-state index contributed by atoms with van der Waals surface area (Å²) in [5, 5.41) is 4.56. The smallest absolute Gasteiger partial charge is 0.231 e. The zero-order chi connectivity index (χ0) is 19.7. The van der Waals surface area contributed by atoms with Crippen molar-refractivity contribution in [1.82, 2.24) is 24.6 Å². The van der Waals surface area contributed by atoms with Gasteiger partial charge in [-0.2, -0.15) is 0 Å². The second kappa shape index (κ2) is 7.37. The first-order valence-electron chi connectivity index (χ1n) is 9.98. The third-order valence-corrected chi connectivity index (χ3v) is 5.20. The van der Waals surface area contributed by atoms with E-state index in [9.17, 15) is 0 Å². The topological polar surface area (TPSA) is 68.4 Å². The first-order chi connectivity index (χ1) is 13.4. The molecule has 1 fully saturated rings. The first kappa shape index (κ1) is 18.7. The van der Waals surface area contributed by atoms with Crippen molar-refractivity contribution in [1.29, 1.82) is 0 Å². The Balaban J connectivity index is 1.36. The molecule has 1 unspecified atom stereocenters. The Kier molecular flexibility index (Phi) is 4.91. The van der Waals surface area contributed by atoms with Crippen LogP contribution in [0.2, 0.25) is 0 Å². The fraction of sp³-hybridized carbons (Fsp3) is 0.524. The zero-order valence-corrected chi connectivity index (χ0v) is 17.1. The third-order valence-electron chi connectivity index (χ3n) is 5.20. The highest BCUT2D eigenvalue weighted by atomic mass is 16.5. The van der Waals surface area contributed by atoms with Crippen LogP contribution in [-0.4, -0.2) is 44.3 Å². The van der Waals surface area contributed by atoms with E-state index in [-0.39, 0.29) is 5.41 Å². The van der Waals surface area contributed by atoms with E-state index in [0.717, 1.165) is 43.2 Å². The molecule has 1 saturated heterocycles. The molecule has 4 heterocycles. The molecular weight excluding hydrogens is 352 g/mol. The van der Waals surface area contributed by atoms with Crippen LogP contribution < -0.4 is 9.64 Å². The molecule has 0 amide bonds. The van der Waals surface area contributed by atoms with Crippen LogP contribution in [0.5, 0.6) is 5.88 Å². The molecule has 3 aromatic heterocycles. The van der Waals surface area contributed by atoms with E-state index >= 15 is 0 Å². The van der Waals surface area contributed by atoms with E-state index in [2.05, 4.69) is 52.6 Å². The standard InChI is InChI=1S/C21H28N6O/c1-5-15-10-22-20(23-11-15)26-9-8-16(12-26)14-28-19-7-6-18-24-17(21(2,3)4)13-27(18)25-19/h6-7,10-11,13,16H,5,8-9,12,14H2,1-4H3. The summed E-state index contributed by atoms with van der Waals surface area (Å²) in [6.07, 6.45) is 7.85. The average Bonchev–Trinajstić information content (AvgIpc) is 3.33. The minimum atomic E-state index is -0.000567. The second-order valence-corrected chi connectivity index (χ2v) is 8.51. The van der Waals surface area contributed by atoms with Gasteiger partial charge >= 0.3 is 0 Å². The Morgan fingerprint density at radius 1 is 1.18 bits per heavy atom. The van der Waals surface area contributed by atoms with Gasteiger partial charge in [-0.25, -0.2) is 19.5 Å². The highest BCUT2D eigenvalue weighted by Crippen LogP contribution is 2.23. The number of aromatic nitrogens is 5. The minimum Gasteiger partial charge on any atom is -0.476 e. The fourth-order valence-electron chi connectivity index (χ4n) is 3.35. The second-order valence-electron chi connectivity index (χ2n) is 8.51. The van der Waals surface area contributed by atoms with Crippen molar-refractivity contribution in [2.45, 2.75) is 46.0 Å². The maximum Gasteiger partial charge on any atom is 0.231 e. The Labute approximate surface area is 165 Å². The van der Waals surface area contributed by atoms with Crippen LogP contribution in [0.25, 0.3) is 5.65 Å². The molecule has 0 N–H and O–H groups in total. The summed E-state index contributed by atoms with van der Waals surface area (Å²) in [6.45, 7) is 11.1. The van der Waals surface area contributed by atoms with Gasteiger partial charge in [-0.15, -0.1) is 5.10 Å². The lowest BCUT2D eigenvalue weighted by molar-refractivity contribution is 0.248. The van der Waals surface area contributed by atoms with Gasteiger partial charge in [-0.05, 0) is 24.5 Å². The van der Waals surface area contributed by atoms with Gasteiger partial charge in [0.2, 0.25) is 11.8 Å². The summed E-state index contributed by atoms with van der Waals surface area (Å²) in [5.41, 5.74) is 3.03. The predicted molar refractivity (Wildman–Crippen MR) is 109 cm³/mol. The minimum absolute atomic E-state index is 0.000567. The molecule has 1 atom stereocenters. The summed E-state index contributed by atoms with van der Waals surface area (Å²) >= 11 is 0. The van der Waals surface area contributed by atoms with Crippen LogP contribution in [0.1, 0.15) is 45.4 Å². The van der Waals surface area contributed by atoms with Crippen LogP contribution in [0.4, 0.5) is 5.95 Å². The maximum absolute atomic E-state index is 5.99. The van der Waals surface area contributed by atoms with Crippen molar-refractivity contribution in [2.24, 2.45) is 5.92 Å². The SMILES string of the molecule is CCc1cnc(N2CCC(COc3ccc4nc(C(C)(C)C)cn4n3)C2)nc1. The lowest BCUT2D eigenvalue weighted by atomic mass is 9.93. The van der Waals surface area contributed by atoms with Gasteiger partial charge in [0.25, 0.3) is 0 Å². The van der Waals surface area contributed by atoms with Gasteiger partial charge in [0, 0.05) is 42.9 Å².